The number of ether oxygens (including phenoxy) is 2. The summed E-state index contributed by atoms with van der Waals surface area (Å²) in [6, 6.07) is 26.1. The fraction of sp³-hybridized carbons (Fsp3) is 0.379. The summed E-state index contributed by atoms with van der Waals surface area (Å²) in [6.45, 7) is 10.3. The fourth-order valence-electron chi connectivity index (χ4n) is 4.86. The Bertz CT molecular complexity index is 957. The zero-order chi connectivity index (χ0) is 23.9. The van der Waals surface area contributed by atoms with Crippen LogP contribution in [-0.4, -0.2) is 50.2 Å². The number of hydrogen-bond donors (Lipinski definition) is 0. The van der Waals surface area contributed by atoms with Crippen molar-refractivity contribution in [1.29, 1.82) is 0 Å². The van der Waals surface area contributed by atoms with E-state index >= 15 is 0 Å². The monoisotopic (exact) mass is 459 g/mol. The highest BCUT2D eigenvalue weighted by Gasteiger charge is 2.33. The molecule has 0 saturated carbocycles. The van der Waals surface area contributed by atoms with Crippen molar-refractivity contribution < 1.29 is 9.47 Å². The standard InChI is InChI=1S/C29H37N3O2/c1-5-30(6-2)26-13-11-25(12-14-26)29-31(21-23-7-15-27(33-3)16-8-23)19-20-32(29)22-24-9-17-28(34-4)18-10-24/h7-18,29H,5-6,19-22H2,1-4H3. The minimum Gasteiger partial charge on any atom is -0.497 e. The minimum absolute atomic E-state index is 0.231. The van der Waals surface area contributed by atoms with Crippen LogP contribution in [0.2, 0.25) is 0 Å². The number of anilines is 1. The van der Waals surface area contributed by atoms with Crippen LogP contribution in [0.4, 0.5) is 5.69 Å². The first-order chi connectivity index (χ1) is 16.6. The first kappa shape index (κ1) is 24.1. The van der Waals surface area contributed by atoms with E-state index in [0.717, 1.165) is 50.8 Å². The molecule has 5 nitrogen and oxygen atoms in total. The first-order valence-electron chi connectivity index (χ1n) is 12.2. The van der Waals surface area contributed by atoms with Crippen molar-refractivity contribution >= 4 is 5.69 Å². The molecule has 0 radical (unpaired) electrons. The van der Waals surface area contributed by atoms with E-state index in [0.29, 0.717) is 0 Å². The van der Waals surface area contributed by atoms with Gasteiger partial charge in [-0.3, -0.25) is 9.80 Å². The van der Waals surface area contributed by atoms with Gasteiger partial charge in [0.15, 0.2) is 0 Å². The molecule has 0 bridgehead atoms. The molecule has 180 valence electrons. The molecule has 0 aromatic heterocycles. The lowest BCUT2D eigenvalue weighted by Crippen LogP contribution is -2.30. The number of nitrogens with zero attached hydrogens (tertiary/aromatic N) is 3. The molecular formula is C29H37N3O2. The third-order valence-electron chi connectivity index (χ3n) is 6.78. The second kappa shape index (κ2) is 11.4. The van der Waals surface area contributed by atoms with Crippen molar-refractivity contribution in [2.45, 2.75) is 33.1 Å². The van der Waals surface area contributed by atoms with Crippen molar-refractivity contribution in [3.8, 4) is 11.5 Å². The van der Waals surface area contributed by atoms with Crippen LogP contribution in [0.3, 0.4) is 0 Å². The van der Waals surface area contributed by atoms with Gasteiger partial charge in [-0.25, -0.2) is 0 Å². The van der Waals surface area contributed by atoms with Crippen LogP contribution in [0.5, 0.6) is 11.5 Å². The lowest BCUT2D eigenvalue weighted by molar-refractivity contribution is 0.126. The molecule has 3 aromatic rings. The molecule has 5 heteroatoms. The lowest BCUT2D eigenvalue weighted by Gasteiger charge is -2.31. The van der Waals surface area contributed by atoms with Crippen LogP contribution in [0.25, 0.3) is 0 Å². The van der Waals surface area contributed by atoms with Crippen molar-refractivity contribution in [2.24, 2.45) is 0 Å². The minimum atomic E-state index is 0.231. The highest BCUT2D eigenvalue weighted by molar-refractivity contribution is 5.48. The van der Waals surface area contributed by atoms with E-state index in [1.54, 1.807) is 14.2 Å². The molecule has 0 unspecified atom stereocenters. The molecule has 0 N–H and O–H groups in total. The molecule has 1 saturated heterocycles. The Balaban J connectivity index is 1.58. The quantitative estimate of drug-likeness (QED) is 0.395. The Labute approximate surface area is 204 Å². The maximum Gasteiger partial charge on any atom is 0.118 e. The van der Waals surface area contributed by atoms with Gasteiger partial charge in [-0.05, 0) is 66.9 Å². The molecule has 0 aliphatic carbocycles. The average Bonchev–Trinajstić information content (AvgIpc) is 3.27. The van der Waals surface area contributed by atoms with Crippen molar-refractivity contribution in [1.82, 2.24) is 9.80 Å². The number of methoxy groups -OCH3 is 2. The number of rotatable bonds is 10. The molecule has 4 rings (SSSR count). The SMILES string of the molecule is CCN(CC)c1ccc(C2N(Cc3ccc(OC)cc3)CCN2Cc2ccc(OC)cc2)cc1. The van der Waals surface area contributed by atoms with Crippen LogP contribution < -0.4 is 14.4 Å². The lowest BCUT2D eigenvalue weighted by atomic mass is 10.1. The van der Waals surface area contributed by atoms with Crippen molar-refractivity contribution in [3.63, 3.8) is 0 Å². The second-order valence-corrected chi connectivity index (χ2v) is 8.77. The summed E-state index contributed by atoms with van der Waals surface area (Å²) in [4.78, 5) is 7.55. The number of hydrogen-bond acceptors (Lipinski definition) is 5. The summed E-state index contributed by atoms with van der Waals surface area (Å²) in [5, 5.41) is 0. The van der Waals surface area contributed by atoms with Crippen molar-refractivity contribution in [2.75, 3.05) is 45.3 Å². The normalized spacial score (nSPS) is 14.9. The molecular weight excluding hydrogens is 422 g/mol. The average molecular weight is 460 g/mol. The molecule has 3 aromatic carbocycles. The molecule has 0 spiro atoms. The third kappa shape index (κ3) is 5.54. The number of benzene rings is 3. The van der Waals surface area contributed by atoms with Crippen LogP contribution in [0, 0.1) is 0 Å². The van der Waals surface area contributed by atoms with E-state index in [-0.39, 0.29) is 6.17 Å². The fourth-order valence-corrected chi connectivity index (χ4v) is 4.86. The predicted molar refractivity (Wildman–Crippen MR) is 140 cm³/mol. The maximum atomic E-state index is 5.34. The predicted octanol–water partition coefficient (Wildman–Crippen LogP) is 5.57. The highest BCUT2D eigenvalue weighted by atomic mass is 16.5. The van der Waals surface area contributed by atoms with Gasteiger partial charge in [0.25, 0.3) is 0 Å². The van der Waals surface area contributed by atoms with Crippen LogP contribution >= 0.6 is 0 Å². The van der Waals surface area contributed by atoms with Crippen LogP contribution in [0.1, 0.15) is 36.7 Å². The Morgan fingerprint density at radius 2 is 1.12 bits per heavy atom. The highest BCUT2D eigenvalue weighted by Crippen LogP contribution is 2.34. The van der Waals surface area contributed by atoms with Gasteiger partial charge in [0, 0.05) is 45.0 Å². The Morgan fingerprint density at radius 3 is 1.50 bits per heavy atom. The molecule has 1 fully saturated rings. The molecule has 34 heavy (non-hydrogen) atoms. The van der Waals surface area contributed by atoms with E-state index in [1.807, 2.05) is 0 Å². The van der Waals surface area contributed by atoms with Gasteiger partial charge >= 0.3 is 0 Å². The molecule has 0 amide bonds. The van der Waals surface area contributed by atoms with E-state index in [4.69, 9.17) is 9.47 Å². The molecule has 1 heterocycles. The largest absolute Gasteiger partial charge is 0.497 e. The first-order valence-corrected chi connectivity index (χ1v) is 12.2. The zero-order valence-corrected chi connectivity index (χ0v) is 20.9. The maximum absolute atomic E-state index is 5.34. The molecule has 1 aliphatic heterocycles. The van der Waals surface area contributed by atoms with Gasteiger partial charge in [0.1, 0.15) is 11.5 Å². The van der Waals surface area contributed by atoms with Gasteiger partial charge in [-0.2, -0.15) is 0 Å². The van der Waals surface area contributed by atoms with E-state index in [1.165, 1.54) is 22.4 Å². The summed E-state index contributed by atoms with van der Waals surface area (Å²) in [5.41, 5.74) is 5.24. The smallest absolute Gasteiger partial charge is 0.118 e. The Hall–Kier alpha value is -3.02. The molecule has 0 atom stereocenters. The Morgan fingerprint density at radius 1 is 0.676 bits per heavy atom. The summed E-state index contributed by atoms with van der Waals surface area (Å²) in [5.74, 6) is 1.80. The van der Waals surface area contributed by atoms with Crippen LogP contribution in [-0.2, 0) is 13.1 Å². The summed E-state index contributed by atoms with van der Waals surface area (Å²) >= 11 is 0. The topological polar surface area (TPSA) is 28.2 Å². The van der Waals surface area contributed by atoms with Gasteiger partial charge in [0.05, 0.1) is 20.4 Å². The molecule has 1 aliphatic rings. The summed E-state index contributed by atoms with van der Waals surface area (Å²) in [6.07, 6.45) is 0.231. The van der Waals surface area contributed by atoms with Crippen LogP contribution in [0.15, 0.2) is 72.8 Å². The summed E-state index contributed by atoms with van der Waals surface area (Å²) in [7, 11) is 3.43. The van der Waals surface area contributed by atoms with E-state index < -0.39 is 0 Å². The van der Waals surface area contributed by atoms with Crippen molar-refractivity contribution in [3.05, 3.63) is 89.5 Å². The second-order valence-electron chi connectivity index (χ2n) is 8.77. The Kier molecular flexibility index (Phi) is 8.09. The van der Waals surface area contributed by atoms with E-state index in [9.17, 15) is 0 Å². The summed E-state index contributed by atoms with van der Waals surface area (Å²) < 4.78 is 10.7. The van der Waals surface area contributed by atoms with Gasteiger partial charge in [0.2, 0.25) is 0 Å². The van der Waals surface area contributed by atoms with E-state index in [2.05, 4.69) is 101 Å². The van der Waals surface area contributed by atoms with Gasteiger partial charge < -0.3 is 14.4 Å². The third-order valence-corrected chi connectivity index (χ3v) is 6.78. The van der Waals surface area contributed by atoms with Gasteiger partial charge in [-0.15, -0.1) is 0 Å². The van der Waals surface area contributed by atoms with Gasteiger partial charge in [-0.1, -0.05) is 36.4 Å². The zero-order valence-electron chi connectivity index (χ0n) is 20.9.